The van der Waals surface area contributed by atoms with Gasteiger partial charge in [0, 0.05) is 25.2 Å². The van der Waals surface area contributed by atoms with Crippen molar-refractivity contribution < 1.29 is 13.2 Å². The lowest BCUT2D eigenvalue weighted by Gasteiger charge is -2.35. The van der Waals surface area contributed by atoms with Crippen LogP contribution in [0.5, 0.6) is 0 Å². The Kier molecular flexibility index (Phi) is 5.13. The summed E-state index contributed by atoms with van der Waals surface area (Å²) in [6.45, 7) is 2.32. The number of morpholine rings is 1. The van der Waals surface area contributed by atoms with Crippen LogP contribution in [-0.2, 0) is 14.8 Å². The summed E-state index contributed by atoms with van der Waals surface area (Å²) in [6.07, 6.45) is 5.42. The number of fused-ring (bicyclic) bond motifs is 1. The molecule has 3 atom stereocenters. The molecule has 1 N–H and O–H groups in total. The lowest BCUT2D eigenvalue weighted by atomic mass is 10.1. The van der Waals surface area contributed by atoms with E-state index in [0.717, 1.165) is 32.4 Å². The fraction of sp³-hybridized carbons (Fsp3) is 0.684. The summed E-state index contributed by atoms with van der Waals surface area (Å²) in [4.78, 5) is 2.39. The van der Waals surface area contributed by atoms with Crippen LogP contribution in [0.3, 0.4) is 0 Å². The highest BCUT2D eigenvalue weighted by Gasteiger charge is 2.39. The average Bonchev–Trinajstić information content (AvgIpc) is 3.22. The molecule has 1 aromatic carbocycles. The van der Waals surface area contributed by atoms with E-state index in [1.165, 1.54) is 18.4 Å². The van der Waals surface area contributed by atoms with Crippen molar-refractivity contribution in [3.05, 3.63) is 35.9 Å². The molecule has 0 bridgehead atoms. The fourth-order valence-corrected chi connectivity index (χ4v) is 6.35. The highest BCUT2D eigenvalue weighted by Crippen LogP contribution is 2.31. The molecule has 3 fully saturated rings. The van der Waals surface area contributed by atoms with Crippen LogP contribution < -0.4 is 4.72 Å². The molecule has 138 valence electrons. The summed E-state index contributed by atoms with van der Waals surface area (Å²) in [7, 11) is -3.17. The van der Waals surface area contributed by atoms with Gasteiger partial charge >= 0.3 is 0 Å². The predicted molar refractivity (Wildman–Crippen MR) is 97.8 cm³/mol. The maximum atomic E-state index is 12.5. The van der Waals surface area contributed by atoms with Crippen LogP contribution in [0.25, 0.3) is 0 Å². The Labute approximate surface area is 150 Å². The minimum Gasteiger partial charge on any atom is -0.371 e. The van der Waals surface area contributed by atoms with Crippen molar-refractivity contribution in [1.82, 2.24) is 9.62 Å². The van der Waals surface area contributed by atoms with Gasteiger partial charge in [0.05, 0.1) is 18.5 Å². The van der Waals surface area contributed by atoms with E-state index in [0.29, 0.717) is 24.3 Å². The SMILES string of the molecule is O=S(=O)(CC1CCCC1)N[C@H]1C[C@H]2CO[C@@H](c3ccccc3)CN2C1. The Morgan fingerprint density at radius 3 is 2.64 bits per heavy atom. The number of nitrogens with zero attached hydrogens (tertiary/aromatic N) is 1. The molecule has 0 unspecified atom stereocenters. The zero-order valence-electron chi connectivity index (χ0n) is 14.6. The van der Waals surface area contributed by atoms with E-state index in [4.69, 9.17) is 4.74 Å². The third-order valence-electron chi connectivity index (χ3n) is 5.87. The largest absolute Gasteiger partial charge is 0.371 e. The number of benzene rings is 1. The topological polar surface area (TPSA) is 58.6 Å². The standard InChI is InChI=1S/C19H28N2O3S/c22-25(23,14-15-6-4-5-7-15)20-17-10-18-13-24-19(12-21(18)11-17)16-8-2-1-3-9-16/h1-3,8-9,15,17-20H,4-7,10-14H2/t17-,18-,19+/m0/s1. The maximum absolute atomic E-state index is 12.5. The van der Waals surface area contributed by atoms with Crippen molar-refractivity contribution in [1.29, 1.82) is 0 Å². The van der Waals surface area contributed by atoms with E-state index >= 15 is 0 Å². The Morgan fingerprint density at radius 2 is 1.88 bits per heavy atom. The van der Waals surface area contributed by atoms with Gasteiger partial charge in [-0.25, -0.2) is 13.1 Å². The molecule has 25 heavy (non-hydrogen) atoms. The molecule has 1 saturated carbocycles. The molecule has 2 saturated heterocycles. The lowest BCUT2D eigenvalue weighted by Crippen LogP contribution is -2.43. The summed E-state index contributed by atoms with van der Waals surface area (Å²) in [5, 5.41) is 0. The molecule has 2 aliphatic heterocycles. The first-order valence-electron chi connectivity index (χ1n) is 9.50. The molecule has 4 rings (SSSR count). The monoisotopic (exact) mass is 364 g/mol. The molecule has 0 spiro atoms. The van der Waals surface area contributed by atoms with E-state index in [9.17, 15) is 8.42 Å². The molecule has 6 heteroatoms. The Balaban J connectivity index is 1.33. The summed E-state index contributed by atoms with van der Waals surface area (Å²) < 4.78 is 34.0. The molecule has 2 heterocycles. The van der Waals surface area contributed by atoms with Gasteiger partial charge in [0.15, 0.2) is 0 Å². The molecule has 0 radical (unpaired) electrons. The Bertz CT molecular complexity index is 673. The molecule has 1 aromatic rings. The van der Waals surface area contributed by atoms with E-state index in [2.05, 4.69) is 21.8 Å². The highest BCUT2D eigenvalue weighted by molar-refractivity contribution is 7.89. The smallest absolute Gasteiger partial charge is 0.212 e. The Morgan fingerprint density at radius 1 is 1.12 bits per heavy atom. The molecule has 1 aliphatic carbocycles. The maximum Gasteiger partial charge on any atom is 0.212 e. The molecule has 5 nitrogen and oxygen atoms in total. The van der Waals surface area contributed by atoms with Crippen LogP contribution in [-0.4, -0.2) is 50.9 Å². The summed E-state index contributed by atoms with van der Waals surface area (Å²) in [5.41, 5.74) is 1.20. The minimum absolute atomic E-state index is 0.0227. The first-order valence-corrected chi connectivity index (χ1v) is 11.1. The lowest BCUT2D eigenvalue weighted by molar-refractivity contribution is -0.0502. The highest BCUT2D eigenvalue weighted by atomic mass is 32.2. The summed E-state index contributed by atoms with van der Waals surface area (Å²) >= 11 is 0. The van der Waals surface area contributed by atoms with Gasteiger partial charge in [-0.05, 0) is 30.7 Å². The second-order valence-corrected chi connectivity index (χ2v) is 9.62. The second-order valence-electron chi connectivity index (χ2n) is 7.82. The van der Waals surface area contributed by atoms with Gasteiger partial charge in [-0.2, -0.15) is 0 Å². The zero-order valence-corrected chi connectivity index (χ0v) is 15.5. The summed E-state index contributed by atoms with van der Waals surface area (Å²) in [5.74, 6) is 0.657. The quantitative estimate of drug-likeness (QED) is 0.871. The van der Waals surface area contributed by atoms with Crippen LogP contribution in [0.2, 0.25) is 0 Å². The van der Waals surface area contributed by atoms with E-state index in [-0.39, 0.29) is 12.1 Å². The van der Waals surface area contributed by atoms with Gasteiger partial charge < -0.3 is 4.74 Å². The van der Waals surface area contributed by atoms with Crippen molar-refractivity contribution in [3.63, 3.8) is 0 Å². The van der Waals surface area contributed by atoms with Gasteiger partial charge in [-0.1, -0.05) is 43.2 Å². The Hall–Kier alpha value is -0.950. The minimum atomic E-state index is -3.17. The molecule has 0 aromatic heterocycles. The number of hydrogen-bond donors (Lipinski definition) is 1. The number of rotatable bonds is 5. The van der Waals surface area contributed by atoms with Gasteiger partial charge in [0.25, 0.3) is 0 Å². The van der Waals surface area contributed by atoms with Crippen LogP contribution in [0, 0.1) is 5.92 Å². The van der Waals surface area contributed by atoms with Crippen molar-refractivity contribution >= 4 is 10.0 Å². The average molecular weight is 365 g/mol. The predicted octanol–water partition coefficient (Wildman–Crippen LogP) is 2.31. The van der Waals surface area contributed by atoms with E-state index < -0.39 is 10.0 Å². The number of sulfonamides is 1. The third-order valence-corrected chi connectivity index (χ3v) is 7.47. The molecular weight excluding hydrogens is 336 g/mol. The second kappa shape index (κ2) is 7.35. The van der Waals surface area contributed by atoms with Crippen LogP contribution in [0.4, 0.5) is 0 Å². The van der Waals surface area contributed by atoms with Crippen molar-refractivity contribution in [2.24, 2.45) is 5.92 Å². The van der Waals surface area contributed by atoms with E-state index in [1.54, 1.807) is 0 Å². The van der Waals surface area contributed by atoms with Crippen molar-refractivity contribution in [3.8, 4) is 0 Å². The van der Waals surface area contributed by atoms with Crippen LogP contribution >= 0.6 is 0 Å². The van der Waals surface area contributed by atoms with Gasteiger partial charge in [0.1, 0.15) is 0 Å². The molecule has 0 amide bonds. The number of nitrogens with one attached hydrogen (secondary N) is 1. The number of ether oxygens (including phenoxy) is 1. The van der Waals surface area contributed by atoms with Gasteiger partial charge in [0.2, 0.25) is 10.0 Å². The summed E-state index contributed by atoms with van der Waals surface area (Å²) in [6, 6.07) is 10.6. The molecule has 3 aliphatic rings. The van der Waals surface area contributed by atoms with Crippen molar-refractivity contribution in [2.45, 2.75) is 50.3 Å². The first-order chi connectivity index (χ1) is 12.1. The van der Waals surface area contributed by atoms with Crippen LogP contribution in [0.1, 0.15) is 43.8 Å². The zero-order chi connectivity index (χ0) is 17.3. The number of hydrogen-bond acceptors (Lipinski definition) is 4. The van der Waals surface area contributed by atoms with Crippen molar-refractivity contribution in [2.75, 3.05) is 25.4 Å². The molecular formula is C19H28N2O3S. The van der Waals surface area contributed by atoms with Gasteiger partial charge in [-0.3, -0.25) is 4.90 Å². The van der Waals surface area contributed by atoms with E-state index in [1.807, 2.05) is 18.2 Å². The third kappa shape index (κ3) is 4.25. The normalized spacial score (nSPS) is 31.3. The van der Waals surface area contributed by atoms with Crippen LogP contribution in [0.15, 0.2) is 30.3 Å². The fourth-order valence-electron chi connectivity index (χ4n) is 4.62. The first kappa shape index (κ1) is 17.5. The van der Waals surface area contributed by atoms with Gasteiger partial charge in [-0.15, -0.1) is 0 Å².